The lowest BCUT2D eigenvalue weighted by Crippen LogP contribution is -2.25. The molecule has 6 nitrogen and oxygen atoms in total. The van der Waals surface area contributed by atoms with Crippen LogP contribution in [-0.4, -0.2) is 21.6 Å². The first-order chi connectivity index (χ1) is 13.3. The lowest BCUT2D eigenvalue weighted by Gasteiger charge is -2.18. The van der Waals surface area contributed by atoms with Gasteiger partial charge in [-0.15, -0.1) is 0 Å². The number of benzene rings is 2. The third kappa shape index (κ3) is 3.93. The molecule has 1 amide bonds. The minimum atomic E-state index is -0.466. The molecular weight excluding hydrogens is 401 g/mol. The van der Waals surface area contributed by atoms with Crippen LogP contribution in [0.3, 0.4) is 0 Å². The summed E-state index contributed by atoms with van der Waals surface area (Å²) in [6, 6.07) is 9.42. The summed E-state index contributed by atoms with van der Waals surface area (Å²) in [7, 11) is 0. The molecule has 0 N–H and O–H groups in total. The Bertz CT molecular complexity index is 1010. The fourth-order valence-corrected chi connectivity index (χ4v) is 3.27. The van der Waals surface area contributed by atoms with Crippen LogP contribution in [0.15, 0.2) is 47.2 Å². The Labute approximate surface area is 172 Å². The van der Waals surface area contributed by atoms with E-state index in [1.165, 1.54) is 17.1 Å². The van der Waals surface area contributed by atoms with Gasteiger partial charge in [0.25, 0.3) is 5.69 Å². The molecule has 1 aliphatic rings. The molecule has 28 heavy (non-hydrogen) atoms. The van der Waals surface area contributed by atoms with Gasteiger partial charge in [-0.2, -0.15) is 5.10 Å². The Morgan fingerprint density at radius 1 is 1.18 bits per heavy atom. The van der Waals surface area contributed by atoms with Gasteiger partial charge in [-0.25, -0.2) is 5.01 Å². The summed E-state index contributed by atoms with van der Waals surface area (Å²) >= 11 is 12.4. The van der Waals surface area contributed by atoms with Gasteiger partial charge in [-0.05, 0) is 49.2 Å². The monoisotopic (exact) mass is 417 g/mol. The largest absolute Gasteiger partial charge is 0.273 e. The number of carbonyl (C=O) groups excluding carboxylic acids is 1. The van der Waals surface area contributed by atoms with E-state index in [0.717, 1.165) is 5.56 Å². The normalized spacial score (nSPS) is 13.4. The number of allylic oxidation sites excluding steroid dienone is 1. The van der Waals surface area contributed by atoms with Gasteiger partial charge in [-0.1, -0.05) is 30.1 Å². The number of nitrogens with zero attached hydrogens (tertiary/aromatic N) is 3. The molecule has 144 valence electrons. The van der Waals surface area contributed by atoms with Crippen LogP contribution in [-0.2, 0) is 4.79 Å². The lowest BCUT2D eigenvalue weighted by atomic mass is 9.97. The summed E-state index contributed by atoms with van der Waals surface area (Å²) in [5, 5.41) is 17.7. The second kappa shape index (κ2) is 8.12. The number of hydrogen-bond donors (Lipinski definition) is 0. The molecular formula is C20H17Cl2N3O3. The van der Waals surface area contributed by atoms with E-state index in [0.29, 0.717) is 45.4 Å². The predicted molar refractivity (Wildman–Crippen MR) is 111 cm³/mol. The first-order valence-corrected chi connectivity index (χ1v) is 9.41. The lowest BCUT2D eigenvalue weighted by molar-refractivity contribution is -0.384. The third-order valence-electron chi connectivity index (χ3n) is 4.30. The van der Waals surface area contributed by atoms with Crippen LogP contribution in [0.1, 0.15) is 43.4 Å². The summed E-state index contributed by atoms with van der Waals surface area (Å²) < 4.78 is 0. The molecule has 0 atom stereocenters. The van der Waals surface area contributed by atoms with E-state index < -0.39 is 4.92 Å². The molecule has 2 aromatic carbocycles. The number of carbonyl (C=O) groups is 1. The Hall–Kier alpha value is -2.70. The van der Waals surface area contributed by atoms with Crippen LogP contribution in [0.4, 0.5) is 5.69 Å². The zero-order valence-electron chi connectivity index (χ0n) is 15.3. The molecule has 0 radical (unpaired) electrons. The highest BCUT2D eigenvalue weighted by Gasteiger charge is 2.23. The van der Waals surface area contributed by atoms with Gasteiger partial charge in [0.1, 0.15) is 0 Å². The average molecular weight is 418 g/mol. The highest BCUT2D eigenvalue weighted by atomic mass is 35.5. The quantitative estimate of drug-likeness (QED) is 0.475. The molecule has 0 aliphatic carbocycles. The number of hydrazone groups is 1. The molecule has 0 fully saturated rings. The Balaban J connectivity index is 2.21. The van der Waals surface area contributed by atoms with Crippen molar-refractivity contribution < 1.29 is 9.72 Å². The van der Waals surface area contributed by atoms with E-state index in [1.54, 1.807) is 31.2 Å². The maximum absolute atomic E-state index is 12.6. The summed E-state index contributed by atoms with van der Waals surface area (Å²) in [6.07, 6.45) is 2.86. The molecule has 3 rings (SSSR count). The van der Waals surface area contributed by atoms with Crippen molar-refractivity contribution in [2.24, 2.45) is 5.10 Å². The van der Waals surface area contributed by atoms with Crippen molar-refractivity contribution in [2.75, 3.05) is 0 Å². The smallest absolute Gasteiger partial charge is 0.269 e. The minimum absolute atomic E-state index is 0.0273. The summed E-state index contributed by atoms with van der Waals surface area (Å²) in [4.78, 5) is 23.1. The first-order valence-electron chi connectivity index (χ1n) is 8.66. The second-order valence-electron chi connectivity index (χ2n) is 6.35. The predicted octanol–water partition coefficient (Wildman–Crippen LogP) is 5.66. The molecule has 1 aliphatic heterocycles. The van der Waals surface area contributed by atoms with Gasteiger partial charge in [0.05, 0.1) is 20.7 Å². The number of nitro groups is 1. The summed E-state index contributed by atoms with van der Waals surface area (Å²) in [5.74, 6) is -0.138. The van der Waals surface area contributed by atoms with Crippen molar-refractivity contribution in [1.29, 1.82) is 0 Å². The van der Waals surface area contributed by atoms with Gasteiger partial charge in [0, 0.05) is 35.4 Å². The van der Waals surface area contributed by atoms with Crippen molar-refractivity contribution in [3.63, 3.8) is 0 Å². The maximum atomic E-state index is 12.6. The van der Waals surface area contributed by atoms with E-state index in [-0.39, 0.29) is 11.6 Å². The average Bonchev–Trinajstić information content (AvgIpc) is 2.79. The highest BCUT2D eigenvalue weighted by molar-refractivity contribution is 6.42. The number of hydrogen-bond acceptors (Lipinski definition) is 4. The van der Waals surface area contributed by atoms with E-state index in [9.17, 15) is 14.9 Å². The van der Waals surface area contributed by atoms with E-state index in [4.69, 9.17) is 23.2 Å². The van der Waals surface area contributed by atoms with Gasteiger partial charge in [0.2, 0.25) is 5.91 Å². The topological polar surface area (TPSA) is 75.8 Å². The Morgan fingerprint density at radius 2 is 1.82 bits per heavy atom. The SMILES string of the molecule is CCCC(=O)N1N=C(c2ccc([N+](=O)[O-])cc2)c2cc(Cl)c(Cl)cc2C=C1C. The van der Waals surface area contributed by atoms with Gasteiger partial charge in [-0.3, -0.25) is 14.9 Å². The van der Waals surface area contributed by atoms with Crippen LogP contribution >= 0.6 is 23.2 Å². The van der Waals surface area contributed by atoms with Crippen molar-refractivity contribution in [3.8, 4) is 0 Å². The van der Waals surface area contributed by atoms with Crippen LogP contribution in [0.2, 0.25) is 10.0 Å². The van der Waals surface area contributed by atoms with Crippen LogP contribution in [0.25, 0.3) is 6.08 Å². The van der Waals surface area contributed by atoms with Crippen LogP contribution < -0.4 is 0 Å². The summed E-state index contributed by atoms with van der Waals surface area (Å²) in [6.45, 7) is 3.71. The van der Waals surface area contributed by atoms with Gasteiger partial charge < -0.3 is 0 Å². The third-order valence-corrected chi connectivity index (χ3v) is 5.02. The minimum Gasteiger partial charge on any atom is -0.273 e. The van der Waals surface area contributed by atoms with E-state index >= 15 is 0 Å². The number of non-ortho nitro benzene ring substituents is 1. The Kier molecular flexibility index (Phi) is 5.82. The van der Waals surface area contributed by atoms with Crippen molar-refractivity contribution >= 4 is 46.6 Å². The fourth-order valence-electron chi connectivity index (χ4n) is 2.93. The molecule has 0 spiro atoms. The first kappa shape index (κ1) is 20.0. The number of rotatable bonds is 4. The van der Waals surface area contributed by atoms with Crippen LogP contribution in [0.5, 0.6) is 0 Å². The highest BCUT2D eigenvalue weighted by Crippen LogP contribution is 2.32. The molecule has 1 heterocycles. The summed E-state index contributed by atoms with van der Waals surface area (Å²) in [5.41, 5.74) is 3.18. The number of nitro benzene ring substituents is 1. The van der Waals surface area contributed by atoms with Crippen molar-refractivity contribution in [2.45, 2.75) is 26.7 Å². The van der Waals surface area contributed by atoms with E-state index in [2.05, 4.69) is 5.10 Å². The fraction of sp³-hybridized carbons (Fsp3) is 0.200. The second-order valence-corrected chi connectivity index (χ2v) is 7.16. The molecule has 8 heteroatoms. The number of halogens is 2. The van der Waals surface area contributed by atoms with E-state index in [1.807, 2.05) is 13.0 Å². The zero-order chi connectivity index (χ0) is 20.4. The number of fused-ring (bicyclic) bond motifs is 1. The Morgan fingerprint density at radius 3 is 2.43 bits per heavy atom. The molecule has 0 saturated heterocycles. The molecule has 0 bridgehead atoms. The standard InChI is InChI=1S/C20H17Cl2N3O3/c1-3-4-19(26)24-12(2)9-14-10-17(21)18(22)11-16(14)20(23-24)13-5-7-15(8-6-13)25(27)28/h5-11H,3-4H2,1-2H3. The molecule has 0 saturated carbocycles. The number of amides is 1. The zero-order valence-corrected chi connectivity index (χ0v) is 16.8. The van der Waals surface area contributed by atoms with Crippen molar-refractivity contribution in [1.82, 2.24) is 5.01 Å². The van der Waals surface area contributed by atoms with Gasteiger partial charge >= 0.3 is 0 Å². The van der Waals surface area contributed by atoms with Gasteiger partial charge in [0.15, 0.2) is 0 Å². The molecule has 2 aromatic rings. The molecule has 0 unspecified atom stereocenters. The van der Waals surface area contributed by atoms with Crippen molar-refractivity contribution in [3.05, 3.63) is 78.9 Å². The molecule has 0 aromatic heterocycles. The van der Waals surface area contributed by atoms with Crippen LogP contribution in [0, 0.1) is 10.1 Å². The maximum Gasteiger partial charge on any atom is 0.269 e.